The van der Waals surface area contributed by atoms with Crippen LogP contribution in [-0.2, 0) is 4.79 Å². The molecule has 0 spiro atoms. The molecule has 0 fully saturated rings. The van der Waals surface area contributed by atoms with Gasteiger partial charge in [-0.2, -0.15) is 5.10 Å². The van der Waals surface area contributed by atoms with Crippen LogP contribution in [-0.4, -0.2) is 33.2 Å². The summed E-state index contributed by atoms with van der Waals surface area (Å²) >= 11 is 0. The maximum Gasteiger partial charge on any atom is 0.243 e. The largest absolute Gasteiger partial charge is 0.306 e. The van der Waals surface area contributed by atoms with Crippen LogP contribution in [0.15, 0.2) is 48.1 Å². The van der Waals surface area contributed by atoms with E-state index in [9.17, 15) is 4.79 Å². The molecule has 20 heavy (non-hydrogen) atoms. The summed E-state index contributed by atoms with van der Waals surface area (Å²) in [5.41, 5.74) is 3.07. The molecule has 3 rings (SSSR count). The molecule has 0 saturated carbocycles. The molecule has 5 heteroatoms. The number of rotatable bonds is 2. The van der Waals surface area contributed by atoms with Crippen molar-refractivity contribution in [2.24, 2.45) is 11.0 Å². The van der Waals surface area contributed by atoms with E-state index in [-0.39, 0.29) is 11.8 Å². The summed E-state index contributed by atoms with van der Waals surface area (Å²) in [5.74, 6) is 0.217. The minimum atomic E-state index is 0.0660. The number of aromatic nitrogens is 2. The topological polar surface area (TPSA) is 50.5 Å². The van der Waals surface area contributed by atoms with Gasteiger partial charge in [0.15, 0.2) is 0 Å². The first kappa shape index (κ1) is 12.6. The van der Waals surface area contributed by atoms with Crippen molar-refractivity contribution in [2.45, 2.75) is 13.3 Å². The second-order valence-corrected chi connectivity index (χ2v) is 5.02. The van der Waals surface area contributed by atoms with Crippen LogP contribution >= 0.6 is 0 Å². The first-order chi connectivity index (χ1) is 9.65. The van der Waals surface area contributed by atoms with Gasteiger partial charge in [0.05, 0.1) is 12.0 Å². The number of hydrogen-bond donors (Lipinski definition) is 0. The van der Waals surface area contributed by atoms with Gasteiger partial charge >= 0.3 is 0 Å². The summed E-state index contributed by atoms with van der Waals surface area (Å²) < 4.78 is 1.95. The van der Waals surface area contributed by atoms with Gasteiger partial charge in [-0.1, -0.05) is 19.1 Å². The SMILES string of the molecule is CC1CC(=O)N(C)N=C1c1ccc(-n2ccnc2)cc1. The van der Waals surface area contributed by atoms with Crippen molar-refractivity contribution in [2.75, 3.05) is 7.05 Å². The zero-order valence-corrected chi connectivity index (χ0v) is 11.5. The Morgan fingerprint density at radius 2 is 2.00 bits per heavy atom. The summed E-state index contributed by atoms with van der Waals surface area (Å²) in [6, 6.07) is 8.13. The lowest BCUT2D eigenvalue weighted by Gasteiger charge is -2.24. The third kappa shape index (κ3) is 2.22. The molecule has 0 bridgehead atoms. The van der Waals surface area contributed by atoms with Crippen LogP contribution in [0.5, 0.6) is 0 Å². The van der Waals surface area contributed by atoms with Crippen LogP contribution in [0.2, 0.25) is 0 Å². The van der Waals surface area contributed by atoms with Crippen LogP contribution in [0.3, 0.4) is 0 Å². The molecule has 1 aliphatic heterocycles. The summed E-state index contributed by atoms with van der Waals surface area (Å²) in [5, 5.41) is 5.82. The molecule has 1 unspecified atom stereocenters. The van der Waals surface area contributed by atoms with Crippen molar-refractivity contribution in [1.29, 1.82) is 0 Å². The van der Waals surface area contributed by atoms with Gasteiger partial charge in [0, 0.05) is 37.5 Å². The van der Waals surface area contributed by atoms with Crippen LogP contribution in [0.1, 0.15) is 18.9 Å². The predicted molar refractivity (Wildman–Crippen MR) is 76.7 cm³/mol. The smallest absolute Gasteiger partial charge is 0.243 e. The van der Waals surface area contributed by atoms with Gasteiger partial charge in [-0.25, -0.2) is 9.99 Å². The number of amides is 1. The number of carbonyl (C=O) groups excluding carboxylic acids is 1. The molecular formula is C15H16N4O. The maximum atomic E-state index is 11.6. The zero-order valence-electron chi connectivity index (χ0n) is 11.5. The fourth-order valence-electron chi connectivity index (χ4n) is 2.37. The Hall–Kier alpha value is -2.43. The number of hydrazone groups is 1. The monoisotopic (exact) mass is 268 g/mol. The summed E-state index contributed by atoms with van der Waals surface area (Å²) in [4.78, 5) is 15.6. The Bertz CT molecular complexity index is 643. The summed E-state index contributed by atoms with van der Waals surface area (Å²) in [7, 11) is 1.70. The van der Waals surface area contributed by atoms with E-state index in [0.29, 0.717) is 6.42 Å². The molecule has 0 N–H and O–H groups in total. The van der Waals surface area contributed by atoms with E-state index >= 15 is 0 Å². The molecule has 1 atom stereocenters. The Labute approximate surface area is 117 Å². The number of carbonyl (C=O) groups is 1. The van der Waals surface area contributed by atoms with E-state index in [1.165, 1.54) is 5.01 Å². The van der Waals surface area contributed by atoms with E-state index in [0.717, 1.165) is 17.0 Å². The lowest BCUT2D eigenvalue weighted by atomic mass is 9.94. The third-order valence-corrected chi connectivity index (χ3v) is 3.53. The second kappa shape index (κ2) is 4.92. The summed E-state index contributed by atoms with van der Waals surface area (Å²) in [6.45, 7) is 2.04. The molecule has 102 valence electrons. The van der Waals surface area contributed by atoms with Crippen molar-refractivity contribution >= 4 is 11.6 Å². The van der Waals surface area contributed by atoms with Crippen LogP contribution in [0, 0.1) is 5.92 Å². The van der Waals surface area contributed by atoms with Crippen molar-refractivity contribution in [3.8, 4) is 5.69 Å². The van der Waals surface area contributed by atoms with Gasteiger partial charge in [-0.15, -0.1) is 0 Å². The van der Waals surface area contributed by atoms with Crippen molar-refractivity contribution < 1.29 is 4.79 Å². The van der Waals surface area contributed by atoms with E-state index in [1.54, 1.807) is 19.6 Å². The minimum Gasteiger partial charge on any atom is -0.306 e. The lowest BCUT2D eigenvalue weighted by molar-refractivity contribution is -0.131. The standard InChI is InChI=1S/C15H16N4O/c1-11-9-14(20)18(2)17-15(11)12-3-5-13(6-4-12)19-8-7-16-10-19/h3-8,10-11H,9H2,1-2H3. The highest BCUT2D eigenvalue weighted by molar-refractivity contribution is 6.05. The zero-order chi connectivity index (χ0) is 14.1. The molecule has 2 aromatic rings. The molecule has 0 saturated heterocycles. The molecule has 0 radical (unpaired) electrons. The predicted octanol–water partition coefficient (Wildman–Crippen LogP) is 2.07. The van der Waals surface area contributed by atoms with E-state index < -0.39 is 0 Å². The van der Waals surface area contributed by atoms with E-state index in [4.69, 9.17) is 0 Å². The number of nitrogens with zero attached hydrogens (tertiary/aromatic N) is 4. The van der Waals surface area contributed by atoms with Gasteiger partial charge in [0.2, 0.25) is 5.91 Å². The Morgan fingerprint density at radius 3 is 2.65 bits per heavy atom. The number of imidazole rings is 1. The van der Waals surface area contributed by atoms with Crippen molar-refractivity contribution in [1.82, 2.24) is 14.6 Å². The highest BCUT2D eigenvalue weighted by atomic mass is 16.2. The van der Waals surface area contributed by atoms with E-state index in [1.807, 2.05) is 42.0 Å². The highest BCUT2D eigenvalue weighted by Crippen LogP contribution is 2.20. The molecule has 2 heterocycles. The Balaban J connectivity index is 1.91. The first-order valence-electron chi connectivity index (χ1n) is 6.59. The highest BCUT2D eigenvalue weighted by Gasteiger charge is 2.24. The summed E-state index contributed by atoms with van der Waals surface area (Å²) in [6.07, 6.45) is 5.94. The first-order valence-corrected chi connectivity index (χ1v) is 6.59. The number of benzene rings is 1. The average molecular weight is 268 g/mol. The van der Waals surface area contributed by atoms with Gasteiger partial charge in [0.25, 0.3) is 0 Å². The quantitative estimate of drug-likeness (QED) is 0.837. The van der Waals surface area contributed by atoms with E-state index in [2.05, 4.69) is 10.1 Å². The molecule has 1 aromatic carbocycles. The minimum absolute atomic E-state index is 0.0660. The van der Waals surface area contributed by atoms with Crippen molar-refractivity contribution in [3.05, 3.63) is 48.5 Å². The van der Waals surface area contributed by atoms with Gasteiger partial charge < -0.3 is 4.57 Å². The van der Waals surface area contributed by atoms with Crippen LogP contribution in [0.25, 0.3) is 5.69 Å². The lowest BCUT2D eigenvalue weighted by Crippen LogP contribution is -2.33. The van der Waals surface area contributed by atoms with Crippen LogP contribution < -0.4 is 0 Å². The molecular weight excluding hydrogens is 252 g/mol. The average Bonchev–Trinajstić information content (AvgIpc) is 2.97. The Morgan fingerprint density at radius 1 is 1.25 bits per heavy atom. The third-order valence-electron chi connectivity index (χ3n) is 3.53. The van der Waals surface area contributed by atoms with Gasteiger partial charge in [-0.05, 0) is 17.7 Å². The van der Waals surface area contributed by atoms with Crippen LogP contribution in [0.4, 0.5) is 0 Å². The molecule has 0 aliphatic carbocycles. The molecule has 1 aromatic heterocycles. The Kier molecular flexibility index (Phi) is 3.10. The molecule has 1 amide bonds. The van der Waals surface area contributed by atoms with Gasteiger partial charge in [-0.3, -0.25) is 4.79 Å². The molecule has 5 nitrogen and oxygen atoms in total. The van der Waals surface area contributed by atoms with Crippen molar-refractivity contribution in [3.63, 3.8) is 0 Å². The van der Waals surface area contributed by atoms with Gasteiger partial charge in [0.1, 0.15) is 0 Å². The fourth-order valence-corrected chi connectivity index (χ4v) is 2.37. The number of hydrogen-bond acceptors (Lipinski definition) is 3. The maximum absolute atomic E-state index is 11.6. The molecule has 1 aliphatic rings. The second-order valence-electron chi connectivity index (χ2n) is 5.02. The normalized spacial score (nSPS) is 19.1. The fraction of sp³-hybridized carbons (Fsp3) is 0.267.